The second-order valence-corrected chi connectivity index (χ2v) is 6.32. The van der Waals surface area contributed by atoms with Gasteiger partial charge in [-0.1, -0.05) is 23.5 Å². The molecule has 7 heteroatoms. The van der Waals surface area contributed by atoms with Crippen molar-refractivity contribution in [2.45, 2.75) is 39.2 Å². The van der Waals surface area contributed by atoms with E-state index in [1.54, 1.807) is 17.5 Å². The van der Waals surface area contributed by atoms with Crippen LogP contribution >= 0.6 is 11.3 Å². The zero-order chi connectivity index (χ0) is 13.8. The van der Waals surface area contributed by atoms with E-state index in [2.05, 4.69) is 32.3 Å². The lowest BCUT2D eigenvalue weighted by Gasteiger charge is -2.31. The van der Waals surface area contributed by atoms with Crippen molar-refractivity contribution in [3.05, 3.63) is 17.4 Å². The maximum Gasteiger partial charge on any atom is 0.208 e. The first kappa shape index (κ1) is 13.5. The summed E-state index contributed by atoms with van der Waals surface area (Å²) in [5.74, 6) is 0.691. The van der Waals surface area contributed by atoms with Crippen molar-refractivity contribution in [3.8, 4) is 0 Å². The fraction of sp³-hybridized carbons (Fsp3) is 0.692. The fourth-order valence-corrected chi connectivity index (χ4v) is 3.58. The molecule has 1 saturated heterocycles. The molecule has 1 aliphatic rings. The summed E-state index contributed by atoms with van der Waals surface area (Å²) in [5, 5.41) is 18.7. The van der Waals surface area contributed by atoms with Gasteiger partial charge in [0.05, 0.1) is 6.20 Å². The molecule has 0 aromatic carbocycles. The Morgan fingerprint density at radius 1 is 1.30 bits per heavy atom. The van der Waals surface area contributed by atoms with E-state index in [0.717, 1.165) is 42.6 Å². The quantitative estimate of drug-likeness (QED) is 0.843. The minimum absolute atomic E-state index is 0.691. The second kappa shape index (κ2) is 6.30. The third-order valence-corrected chi connectivity index (χ3v) is 4.77. The molecule has 6 nitrogen and oxygen atoms in total. The molecular weight excluding hydrogens is 272 g/mol. The van der Waals surface area contributed by atoms with Crippen LogP contribution in [0.5, 0.6) is 0 Å². The van der Waals surface area contributed by atoms with Gasteiger partial charge in [0.1, 0.15) is 5.01 Å². The molecule has 3 heterocycles. The predicted molar refractivity (Wildman–Crippen MR) is 78.9 cm³/mol. The molecule has 1 aliphatic heterocycles. The van der Waals surface area contributed by atoms with E-state index in [1.807, 2.05) is 10.9 Å². The van der Waals surface area contributed by atoms with Crippen molar-refractivity contribution in [1.29, 1.82) is 0 Å². The molecule has 2 aromatic rings. The third-order valence-electron chi connectivity index (χ3n) is 3.72. The first-order chi connectivity index (χ1) is 9.85. The van der Waals surface area contributed by atoms with Gasteiger partial charge < -0.3 is 4.90 Å². The van der Waals surface area contributed by atoms with Gasteiger partial charge in [-0.15, -0.1) is 15.3 Å². The summed E-state index contributed by atoms with van der Waals surface area (Å²) in [7, 11) is 0. The highest BCUT2D eigenvalue weighted by molar-refractivity contribution is 7.15. The van der Waals surface area contributed by atoms with Gasteiger partial charge in [0.2, 0.25) is 5.13 Å². The molecule has 0 aliphatic carbocycles. The van der Waals surface area contributed by atoms with Gasteiger partial charge >= 0.3 is 0 Å². The third kappa shape index (κ3) is 3.15. The van der Waals surface area contributed by atoms with Crippen LogP contribution in [0.2, 0.25) is 0 Å². The Hall–Kier alpha value is -1.50. The van der Waals surface area contributed by atoms with Gasteiger partial charge in [-0.05, 0) is 25.2 Å². The van der Waals surface area contributed by atoms with E-state index in [4.69, 9.17) is 0 Å². The minimum Gasteiger partial charge on any atom is -0.347 e. The van der Waals surface area contributed by atoms with Crippen LogP contribution in [-0.4, -0.2) is 38.3 Å². The van der Waals surface area contributed by atoms with E-state index in [1.165, 1.54) is 12.8 Å². The minimum atomic E-state index is 0.691. The van der Waals surface area contributed by atoms with Crippen LogP contribution in [-0.2, 0) is 13.0 Å². The molecule has 0 N–H and O–H groups in total. The molecule has 108 valence electrons. The molecule has 2 aromatic heterocycles. The smallest absolute Gasteiger partial charge is 0.208 e. The first-order valence-electron chi connectivity index (χ1n) is 7.26. The Bertz CT molecular complexity index is 515. The summed E-state index contributed by atoms with van der Waals surface area (Å²) in [6, 6.07) is 0. The number of anilines is 1. The average Bonchev–Trinajstić information content (AvgIpc) is 3.12. The molecule has 3 rings (SSSR count). The molecule has 1 fully saturated rings. The highest BCUT2D eigenvalue weighted by Gasteiger charge is 2.22. The number of hydrogen-bond acceptors (Lipinski definition) is 6. The van der Waals surface area contributed by atoms with Crippen molar-refractivity contribution in [1.82, 2.24) is 25.2 Å². The molecule has 0 atom stereocenters. The zero-order valence-electron chi connectivity index (χ0n) is 11.8. The summed E-state index contributed by atoms with van der Waals surface area (Å²) >= 11 is 1.75. The van der Waals surface area contributed by atoms with Gasteiger partial charge in [0.15, 0.2) is 0 Å². The molecule has 0 saturated carbocycles. The van der Waals surface area contributed by atoms with Crippen molar-refractivity contribution in [2.24, 2.45) is 5.92 Å². The largest absolute Gasteiger partial charge is 0.347 e. The van der Waals surface area contributed by atoms with Crippen LogP contribution in [0, 0.1) is 5.92 Å². The average molecular weight is 292 g/mol. The van der Waals surface area contributed by atoms with Crippen molar-refractivity contribution >= 4 is 16.5 Å². The number of aromatic nitrogens is 5. The summed E-state index contributed by atoms with van der Waals surface area (Å²) in [6.45, 7) is 5.29. The van der Waals surface area contributed by atoms with Crippen molar-refractivity contribution in [2.75, 3.05) is 18.0 Å². The van der Waals surface area contributed by atoms with Crippen LogP contribution in [0.3, 0.4) is 0 Å². The normalized spacial score (nSPS) is 16.8. The van der Waals surface area contributed by atoms with Gasteiger partial charge in [-0.25, -0.2) is 0 Å². The monoisotopic (exact) mass is 292 g/mol. The Kier molecular flexibility index (Phi) is 4.25. The highest BCUT2D eigenvalue weighted by atomic mass is 32.1. The summed E-state index contributed by atoms with van der Waals surface area (Å²) in [6.07, 6.45) is 8.22. The van der Waals surface area contributed by atoms with Crippen LogP contribution in [0.15, 0.2) is 12.4 Å². The standard InChI is InChI=1S/C13H20N6S/c1-2-3-12-15-16-13(20-12)18-7-4-11(5-8-18)10-19-9-6-14-17-19/h6,9,11H,2-5,7-8,10H2,1H3. The fourth-order valence-electron chi connectivity index (χ4n) is 2.59. The topological polar surface area (TPSA) is 59.7 Å². The lowest BCUT2D eigenvalue weighted by atomic mass is 9.97. The summed E-state index contributed by atoms with van der Waals surface area (Å²) in [4.78, 5) is 2.37. The Balaban J connectivity index is 1.52. The Morgan fingerprint density at radius 3 is 2.85 bits per heavy atom. The van der Waals surface area contributed by atoms with E-state index in [0.29, 0.717) is 5.92 Å². The van der Waals surface area contributed by atoms with Crippen LogP contribution in [0.25, 0.3) is 0 Å². The Labute approximate surface area is 122 Å². The second-order valence-electron chi connectivity index (χ2n) is 5.28. The van der Waals surface area contributed by atoms with Crippen LogP contribution in [0.4, 0.5) is 5.13 Å². The number of aryl methyl sites for hydroxylation is 1. The van der Waals surface area contributed by atoms with Gasteiger partial charge in [0, 0.05) is 32.3 Å². The zero-order valence-corrected chi connectivity index (χ0v) is 12.6. The number of piperidine rings is 1. The summed E-state index contributed by atoms with van der Waals surface area (Å²) in [5.41, 5.74) is 0. The van der Waals surface area contributed by atoms with Gasteiger partial charge in [-0.3, -0.25) is 4.68 Å². The van der Waals surface area contributed by atoms with Crippen LogP contribution < -0.4 is 4.90 Å². The van der Waals surface area contributed by atoms with Crippen molar-refractivity contribution < 1.29 is 0 Å². The molecule has 0 spiro atoms. The van der Waals surface area contributed by atoms with Crippen LogP contribution in [0.1, 0.15) is 31.2 Å². The SMILES string of the molecule is CCCc1nnc(N2CCC(Cn3ccnn3)CC2)s1. The number of rotatable bonds is 5. The molecule has 20 heavy (non-hydrogen) atoms. The van der Waals surface area contributed by atoms with E-state index in [9.17, 15) is 0 Å². The lowest BCUT2D eigenvalue weighted by molar-refractivity contribution is 0.338. The first-order valence-corrected chi connectivity index (χ1v) is 8.08. The highest BCUT2D eigenvalue weighted by Crippen LogP contribution is 2.27. The Morgan fingerprint density at radius 2 is 2.15 bits per heavy atom. The van der Waals surface area contributed by atoms with E-state index < -0.39 is 0 Å². The molecular formula is C13H20N6S. The molecule has 0 bridgehead atoms. The lowest BCUT2D eigenvalue weighted by Crippen LogP contribution is -2.35. The van der Waals surface area contributed by atoms with Gasteiger partial charge in [-0.2, -0.15) is 0 Å². The summed E-state index contributed by atoms with van der Waals surface area (Å²) < 4.78 is 1.94. The van der Waals surface area contributed by atoms with E-state index >= 15 is 0 Å². The molecule has 0 amide bonds. The molecule has 0 radical (unpaired) electrons. The maximum absolute atomic E-state index is 4.33. The number of hydrogen-bond donors (Lipinski definition) is 0. The molecule has 0 unspecified atom stereocenters. The maximum atomic E-state index is 4.33. The predicted octanol–water partition coefficient (Wildman–Crippen LogP) is 2.00. The van der Waals surface area contributed by atoms with Gasteiger partial charge in [0.25, 0.3) is 0 Å². The van der Waals surface area contributed by atoms with Crippen molar-refractivity contribution in [3.63, 3.8) is 0 Å². The van der Waals surface area contributed by atoms with E-state index in [-0.39, 0.29) is 0 Å². The number of nitrogens with zero attached hydrogens (tertiary/aromatic N) is 6.